The van der Waals surface area contributed by atoms with Gasteiger partial charge in [0.25, 0.3) is 0 Å². The van der Waals surface area contributed by atoms with Crippen molar-refractivity contribution in [3.05, 3.63) is 109 Å². The molecule has 6 aromatic rings. The summed E-state index contributed by atoms with van der Waals surface area (Å²) in [5.74, 6) is -0.642. The number of benzene rings is 2. The van der Waals surface area contributed by atoms with E-state index in [1.807, 2.05) is 45.8 Å². The number of carbonyl (C=O) groups is 1. The molecule has 0 unspecified atom stereocenters. The Labute approximate surface area is 308 Å². The highest BCUT2D eigenvalue weighted by molar-refractivity contribution is 7.12. The molecule has 1 atom stereocenters. The number of aromatic hydroxyl groups is 1. The number of hydrogen-bond acceptors (Lipinski definition) is 12. The van der Waals surface area contributed by atoms with Crippen LogP contribution in [0.25, 0.3) is 21.9 Å². The van der Waals surface area contributed by atoms with Crippen molar-refractivity contribution in [1.29, 1.82) is 0 Å². The average Bonchev–Trinajstić information content (AvgIpc) is 3.96. The maximum Gasteiger partial charge on any atom is 0.349 e. The largest absolute Gasteiger partial charge is 0.506 e. The van der Waals surface area contributed by atoms with Crippen molar-refractivity contribution in [3.63, 3.8) is 0 Å². The fourth-order valence-electron chi connectivity index (χ4n) is 7.09. The van der Waals surface area contributed by atoms with Gasteiger partial charge in [-0.2, -0.15) is 0 Å². The number of H-pyrrole nitrogens is 1. The number of thiophene rings is 2. The zero-order valence-corrected chi connectivity index (χ0v) is 30.4. The predicted octanol–water partition coefficient (Wildman–Crippen LogP) is 5.04. The Hall–Kier alpha value is -4.44. The molecule has 0 amide bonds. The van der Waals surface area contributed by atoms with Gasteiger partial charge in [-0.1, -0.05) is 29.5 Å². The van der Waals surface area contributed by atoms with Crippen molar-refractivity contribution in [2.45, 2.75) is 69.0 Å². The minimum Gasteiger partial charge on any atom is -0.506 e. The van der Waals surface area contributed by atoms with Crippen LogP contribution < -0.4 is 10.9 Å². The number of aromatic nitrogens is 4. The zero-order chi connectivity index (χ0) is 36.2. The van der Waals surface area contributed by atoms with Crippen molar-refractivity contribution >= 4 is 50.6 Å². The molecule has 5 N–H and O–H groups in total. The number of fused-ring (bicyclic) bond motifs is 2. The molecular weight excluding hydrogens is 701 g/mol. The SMILES string of the molecule is CN(CCCn1nnc2cc(CNC[C@@H](O)c3ccc(O)c4[nH]c(=O)ccc34)ccc21)C1CCC(OC(=O)C(O)(c2cccs2)c2cccs2)CC1. The maximum atomic E-state index is 13.4. The topological polar surface area (TPSA) is 166 Å². The highest BCUT2D eigenvalue weighted by Gasteiger charge is 2.45. The van der Waals surface area contributed by atoms with Gasteiger partial charge in [0.2, 0.25) is 11.2 Å². The number of pyridine rings is 1. The molecule has 272 valence electrons. The van der Waals surface area contributed by atoms with Gasteiger partial charge in [-0.15, -0.1) is 27.8 Å². The van der Waals surface area contributed by atoms with Gasteiger partial charge in [-0.05, 0) is 104 Å². The highest BCUT2D eigenvalue weighted by Crippen LogP contribution is 2.38. The van der Waals surface area contributed by atoms with E-state index in [1.54, 1.807) is 24.3 Å². The smallest absolute Gasteiger partial charge is 0.349 e. The van der Waals surface area contributed by atoms with Crippen LogP contribution in [0.3, 0.4) is 0 Å². The lowest BCUT2D eigenvalue weighted by Crippen LogP contribution is -2.42. The van der Waals surface area contributed by atoms with E-state index >= 15 is 0 Å². The van der Waals surface area contributed by atoms with E-state index in [0.717, 1.165) is 61.8 Å². The average molecular weight is 743 g/mol. The Bertz CT molecular complexity index is 2140. The molecule has 12 nitrogen and oxygen atoms in total. The first kappa shape index (κ1) is 35.9. The Kier molecular flexibility index (Phi) is 10.8. The molecule has 1 fully saturated rings. The number of ether oxygens (including phenoxy) is 1. The van der Waals surface area contributed by atoms with Gasteiger partial charge in [0.05, 0.1) is 26.9 Å². The van der Waals surface area contributed by atoms with Crippen LogP contribution in [0.4, 0.5) is 0 Å². The molecule has 0 bridgehead atoms. The van der Waals surface area contributed by atoms with E-state index in [9.17, 15) is 24.9 Å². The van der Waals surface area contributed by atoms with Gasteiger partial charge in [-0.25, -0.2) is 9.48 Å². The molecule has 7 rings (SSSR count). The number of carbonyl (C=O) groups excluding carboxylic acids is 1. The van der Waals surface area contributed by atoms with Crippen LogP contribution in [0.5, 0.6) is 5.75 Å². The molecule has 52 heavy (non-hydrogen) atoms. The summed E-state index contributed by atoms with van der Waals surface area (Å²) in [6, 6.07) is 19.8. The maximum absolute atomic E-state index is 13.4. The van der Waals surface area contributed by atoms with Crippen LogP contribution in [0.1, 0.15) is 59.1 Å². The van der Waals surface area contributed by atoms with Crippen LogP contribution >= 0.6 is 22.7 Å². The number of rotatable bonds is 14. The third-order valence-electron chi connectivity index (χ3n) is 9.98. The fourth-order valence-corrected chi connectivity index (χ4v) is 8.80. The third kappa shape index (κ3) is 7.54. The van der Waals surface area contributed by atoms with Crippen molar-refractivity contribution in [3.8, 4) is 5.75 Å². The number of aromatic amines is 1. The second-order valence-corrected chi connectivity index (χ2v) is 15.3. The Balaban J connectivity index is 0.861. The molecule has 14 heteroatoms. The number of aryl methyl sites for hydroxylation is 1. The number of aliphatic hydroxyl groups is 2. The Morgan fingerprint density at radius 2 is 1.83 bits per heavy atom. The molecule has 0 aliphatic heterocycles. The van der Waals surface area contributed by atoms with E-state index in [-0.39, 0.29) is 24.0 Å². The Morgan fingerprint density at radius 1 is 1.08 bits per heavy atom. The van der Waals surface area contributed by atoms with E-state index in [2.05, 4.69) is 32.6 Å². The molecule has 1 saturated carbocycles. The summed E-state index contributed by atoms with van der Waals surface area (Å²) in [7, 11) is 2.14. The number of hydrogen-bond donors (Lipinski definition) is 5. The van der Waals surface area contributed by atoms with E-state index in [1.165, 1.54) is 34.8 Å². The fraction of sp³-hybridized carbons (Fsp3) is 0.368. The molecule has 1 aliphatic rings. The summed E-state index contributed by atoms with van der Waals surface area (Å²) in [5, 5.41) is 49.0. The molecule has 4 aromatic heterocycles. The lowest BCUT2D eigenvalue weighted by molar-refractivity contribution is -0.169. The lowest BCUT2D eigenvalue weighted by Gasteiger charge is -2.35. The number of nitrogens with one attached hydrogen (secondary N) is 2. The minimum absolute atomic E-state index is 0.0414. The number of aliphatic hydroxyl groups excluding tert-OH is 1. The molecule has 0 spiro atoms. The van der Waals surface area contributed by atoms with Crippen LogP contribution in [0, 0.1) is 0 Å². The van der Waals surface area contributed by atoms with Gasteiger partial charge < -0.3 is 35.3 Å². The predicted molar refractivity (Wildman–Crippen MR) is 201 cm³/mol. The van der Waals surface area contributed by atoms with E-state index in [4.69, 9.17) is 4.74 Å². The van der Waals surface area contributed by atoms with Crippen molar-refractivity contribution in [1.82, 2.24) is 30.2 Å². The van der Waals surface area contributed by atoms with Gasteiger partial charge >= 0.3 is 5.97 Å². The van der Waals surface area contributed by atoms with Crippen molar-refractivity contribution in [2.24, 2.45) is 0 Å². The summed E-state index contributed by atoms with van der Waals surface area (Å²) in [5.41, 5.74) is 1.60. The number of phenols is 1. The standard InChI is InChI=1S/C38H42N6O6S2/c1-43(25-8-10-26(11-9-25)50-37(48)38(49,33-5-2-19-51-33)34-6-3-20-52-34)17-4-18-44-30-14-7-24(21-29(30)41-42-44)22-39-23-32(46)27-12-15-31(45)36-28(27)13-16-35(47)40-36/h2-3,5-7,12-16,19-21,25-26,32,39,45-46,49H,4,8-11,17-18,22-23H2,1H3,(H,40,47)/t25?,26?,32-/m1/s1. The summed E-state index contributed by atoms with van der Waals surface area (Å²) in [4.78, 5) is 31.2. The second kappa shape index (κ2) is 15.7. The van der Waals surface area contributed by atoms with Gasteiger partial charge in [0.1, 0.15) is 17.4 Å². The van der Waals surface area contributed by atoms with Gasteiger partial charge in [0, 0.05) is 37.1 Å². The summed E-state index contributed by atoms with van der Waals surface area (Å²) in [6.07, 6.45) is 3.18. The second-order valence-electron chi connectivity index (χ2n) is 13.4. The number of esters is 1. The molecule has 2 aromatic carbocycles. The first-order chi connectivity index (χ1) is 25.2. The van der Waals surface area contributed by atoms with Crippen LogP contribution in [-0.4, -0.2) is 78.4 Å². The lowest BCUT2D eigenvalue weighted by atomic mass is 9.91. The first-order valence-electron chi connectivity index (χ1n) is 17.5. The van der Waals surface area contributed by atoms with Crippen molar-refractivity contribution in [2.75, 3.05) is 20.1 Å². The highest BCUT2D eigenvalue weighted by atomic mass is 32.1. The molecule has 1 aliphatic carbocycles. The molecule has 0 radical (unpaired) electrons. The molecule has 4 heterocycles. The summed E-state index contributed by atoms with van der Waals surface area (Å²) in [6.45, 7) is 2.42. The Morgan fingerprint density at radius 3 is 2.54 bits per heavy atom. The van der Waals surface area contributed by atoms with Crippen LogP contribution in [0.2, 0.25) is 0 Å². The minimum atomic E-state index is -1.78. The van der Waals surface area contributed by atoms with Gasteiger partial charge in [0.15, 0.2) is 0 Å². The summed E-state index contributed by atoms with van der Waals surface area (Å²) < 4.78 is 7.87. The van der Waals surface area contributed by atoms with Crippen molar-refractivity contribution < 1.29 is 24.9 Å². The number of phenolic OH excluding ortho intramolecular Hbond substituents is 1. The van der Waals surface area contributed by atoms with E-state index in [0.29, 0.717) is 38.8 Å². The zero-order valence-electron chi connectivity index (χ0n) is 28.8. The van der Waals surface area contributed by atoms with Gasteiger partial charge in [-0.3, -0.25) is 4.79 Å². The van der Waals surface area contributed by atoms with Crippen LogP contribution in [0.15, 0.2) is 82.3 Å². The monoisotopic (exact) mass is 742 g/mol. The first-order valence-corrected chi connectivity index (χ1v) is 19.2. The third-order valence-corrected chi connectivity index (χ3v) is 11.9. The quantitative estimate of drug-likeness (QED) is 0.0956. The molecule has 0 saturated heterocycles. The normalized spacial score (nSPS) is 17.2. The van der Waals surface area contributed by atoms with E-state index < -0.39 is 17.7 Å². The molecular formula is C38H42N6O6S2. The number of nitrogens with zero attached hydrogens (tertiary/aromatic N) is 4. The van der Waals surface area contributed by atoms with Crippen LogP contribution in [-0.2, 0) is 28.2 Å². The summed E-state index contributed by atoms with van der Waals surface area (Å²) >= 11 is 2.70.